The summed E-state index contributed by atoms with van der Waals surface area (Å²) in [7, 11) is 0. The third-order valence-corrected chi connectivity index (χ3v) is 4.37. The first-order chi connectivity index (χ1) is 9.31. The second-order valence-electron chi connectivity index (χ2n) is 4.78. The molecular weight excluding hydrogens is 342 g/mol. The summed E-state index contributed by atoms with van der Waals surface area (Å²) in [4.78, 5) is 24.1. The van der Waals surface area contributed by atoms with Crippen LogP contribution in [0.25, 0.3) is 0 Å². The second kappa shape index (κ2) is 7.69. The zero-order valence-corrected chi connectivity index (χ0v) is 14.0. The molecule has 20 heavy (non-hydrogen) atoms. The predicted octanol–water partition coefficient (Wildman–Crippen LogP) is 3.16. The minimum atomic E-state index is -1.01. The number of halogens is 1. The van der Waals surface area contributed by atoms with Gasteiger partial charge in [0.2, 0.25) is 5.91 Å². The largest absolute Gasteiger partial charge is 0.480 e. The van der Waals surface area contributed by atoms with Crippen LogP contribution in [-0.4, -0.2) is 28.3 Å². The van der Waals surface area contributed by atoms with Crippen LogP contribution in [0, 0.1) is 5.92 Å². The zero-order valence-electron chi connectivity index (χ0n) is 11.6. The maximum atomic E-state index is 12.0. The fraction of sp³-hybridized carbons (Fsp3) is 0.429. The van der Waals surface area contributed by atoms with Crippen molar-refractivity contribution >= 4 is 39.6 Å². The SMILES string of the molecule is CC(Sc1ccc(Br)cc1)C(=O)N[C@H](C(=O)O)C(C)C. The number of nitrogens with one attached hydrogen (secondary N) is 1. The van der Waals surface area contributed by atoms with Gasteiger partial charge in [0, 0.05) is 9.37 Å². The van der Waals surface area contributed by atoms with Crippen LogP contribution in [0.3, 0.4) is 0 Å². The minimum absolute atomic E-state index is 0.152. The summed E-state index contributed by atoms with van der Waals surface area (Å²) >= 11 is 4.75. The van der Waals surface area contributed by atoms with E-state index in [0.717, 1.165) is 9.37 Å². The van der Waals surface area contributed by atoms with Crippen LogP contribution >= 0.6 is 27.7 Å². The number of carbonyl (C=O) groups is 2. The summed E-state index contributed by atoms with van der Waals surface area (Å²) in [6.45, 7) is 5.30. The van der Waals surface area contributed by atoms with Gasteiger partial charge in [0.05, 0.1) is 5.25 Å². The maximum Gasteiger partial charge on any atom is 0.326 e. The third-order valence-electron chi connectivity index (χ3n) is 2.73. The Labute approximate surface area is 131 Å². The summed E-state index contributed by atoms with van der Waals surface area (Å²) in [5, 5.41) is 11.3. The van der Waals surface area contributed by atoms with Gasteiger partial charge in [-0.2, -0.15) is 0 Å². The molecule has 1 aromatic carbocycles. The summed E-state index contributed by atoms with van der Waals surface area (Å²) in [6.07, 6.45) is 0. The van der Waals surface area contributed by atoms with Gasteiger partial charge < -0.3 is 10.4 Å². The summed E-state index contributed by atoms with van der Waals surface area (Å²) < 4.78 is 0.977. The van der Waals surface area contributed by atoms with Gasteiger partial charge in [-0.15, -0.1) is 11.8 Å². The molecule has 2 atom stereocenters. The number of thioether (sulfide) groups is 1. The van der Waals surface area contributed by atoms with E-state index in [2.05, 4.69) is 21.2 Å². The van der Waals surface area contributed by atoms with E-state index in [4.69, 9.17) is 5.11 Å². The van der Waals surface area contributed by atoms with Crippen molar-refractivity contribution in [3.8, 4) is 0 Å². The standard InChI is InChI=1S/C14H18BrNO3S/c1-8(2)12(14(18)19)16-13(17)9(3)20-11-6-4-10(15)5-7-11/h4-9,12H,1-3H3,(H,16,17)(H,18,19)/t9?,12-/m0/s1. The third kappa shape index (κ3) is 5.17. The van der Waals surface area contributed by atoms with Crippen LogP contribution in [0.1, 0.15) is 20.8 Å². The lowest BCUT2D eigenvalue weighted by Crippen LogP contribution is -2.46. The number of carbonyl (C=O) groups excluding carboxylic acids is 1. The molecular formula is C14H18BrNO3S. The lowest BCUT2D eigenvalue weighted by Gasteiger charge is -2.20. The molecule has 0 radical (unpaired) electrons. The molecule has 4 nitrogen and oxygen atoms in total. The molecule has 0 aromatic heterocycles. The molecule has 0 bridgehead atoms. The van der Waals surface area contributed by atoms with Crippen molar-refractivity contribution in [1.29, 1.82) is 0 Å². The first-order valence-electron chi connectivity index (χ1n) is 6.26. The normalized spacial score (nSPS) is 13.8. The van der Waals surface area contributed by atoms with Gasteiger partial charge in [-0.3, -0.25) is 4.79 Å². The number of benzene rings is 1. The van der Waals surface area contributed by atoms with Crippen LogP contribution in [0.15, 0.2) is 33.6 Å². The highest BCUT2D eigenvalue weighted by molar-refractivity contribution is 9.10. The molecule has 1 rings (SSSR count). The fourth-order valence-corrected chi connectivity index (χ4v) is 2.70. The van der Waals surface area contributed by atoms with Crippen LogP contribution in [-0.2, 0) is 9.59 Å². The van der Waals surface area contributed by atoms with Gasteiger partial charge >= 0.3 is 5.97 Å². The van der Waals surface area contributed by atoms with Crippen molar-refractivity contribution in [2.45, 2.75) is 37.0 Å². The van der Waals surface area contributed by atoms with E-state index in [9.17, 15) is 9.59 Å². The Morgan fingerprint density at radius 2 is 1.75 bits per heavy atom. The highest BCUT2D eigenvalue weighted by Crippen LogP contribution is 2.25. The van der Waals surface area contributed by atoms with Crippen molar-refractivity contribution in [1.82, 2.24) is 5.32 Å². The average molecular weight is 360 g/mol. The summed E-state index contributed by atoms with van der Waals surface area (Å²) in [5.41, 5.74) is 0. The van der Waals surface area contributed by atoms with E-state index in [1.807, 2.05) is 24.3 Å². The van der Waals surface area contributed by atoms with E-state index in [1.165, 1.54) is 11.8 Å². The van der Waals surface area contributed by atoms with Crippen LogP contribution in [0.2, 0.25) is 0 Å². The predicted molar refractivity (Wildman–Crippen MR) is 83.9 cm³/mol. The number of amides is 1. The van der Waals surface area contributed by atoms with Gasteiger partial charge in [0.15, 0.2) is 0 Å². The Morgan fingerprint density at radius 1 is 1.20 bits per heavy atom. The highest BCUT2D eigenvalue weighted by atomic mass is 79.9. The Hall–Kier alpha value is -1.01. The number of hydrogen-bond donors (Lipinski definition) is 2. The fourth-order valence-electron chi connectivity index (χ4n) is 1.55. The summed E-state index contributed by atoms with van der Waals surface area (Å²) in [5.74, 6) is -1.42. The molecule has 0 aliphatic heterocycles. The average Bonchev–Trinajstić information content (AvgIpc) is 2.37. The van der Waals surface area contributed by atoms with E-state index in [0.29, 0.717) is 0 Å². The molecule has 0 saturated carbocycles. The minimum Gasteiger partial charge on any atom is -0.480 e. The van der Waals surface area contributed by atoms with Crippen molar-refractivity contribution < 1.29 is 14.7 Å². The van der Waals surface area contributed by atoms with E-state index < -0.39 is 12.0 Å². The molecule has 0 aliphatic carbocycles. The van der Waals surface area contributed by atoms with Gasteiger partial charge in [0.25, 0.3) is 0 Å². The van der Waals surface area contributed by atoms with Crippen molar-refractivity contribution in [2.75, 3.05) is 0 Å². The highest BCUT2D eigenvalue weighted by Gasteiger charge is 2.25. The molecule has 110 valence electrons. The lowest BCUT2D eigenvalue weighted by atomic mass is 10.0. The maximum absolute atomic E-state index is 12.0. The lowest BCUT2D eigenvalue weighted by molar-refractivity contribution is -0.143. The monoisotopic (exact) mass is 359 g/mol. The molecule has 0 heterocycles. The second-order valence-corrected chi connectivity index (χ2v) is 7.11. The Balaban J connectivity index is 2.62. The number of aliphatic carboxylic acids is 1. The van der Waals surface area contributed by atoms with Gasteiger partial charge in [-0.1, -0.05) is 29.8 Å². The Morgan fingerprint density at radius 3 is 2.20 bits per heavy atom. The topological polar surface area (TPSA) is 66.4 Å². The van der Waals surface area contributed by atoms with Gasteiger partial charge in [0.1, 0.15) is 6.04 Å². The molecule has 1 aromatic rings. The summed E-state index contributed by atoms with van der Waals surface area (Å²) in [6, 6.07) is 6.78. The van der Waals surface area contributed by atoms with Crippen LogP contribution in [0.4, 0.5) is 0 Å². The smallest absolute Gasteiger partial charge is 0.326 e. The number of carboxylic acids is 1. The van der Waals surface area contributed by atoms with Crippen molar-refractivity contribution in [3.63, 3.8) is 0 Å². The number of rotatable bonds is 6. The molecule has 1 amide bonds. The van der Waals surface area contributed by atoms with Gasteiger partial charge in [-0.05, 0) is 37.1 Å². The number of hydrogen-bond acceptors (Lipinski definition) is 3. The number of carboxylic acid groups (broad SMARTS) is 1. The molecule has 2 N–H and O–H groups in total. The molecule has 1 unspecified atom stereocenters. The molecule has 0 aliphatic rings. The van der Waals surface area contributed by atoms with Crippen molar-refractivity contribution in [3.05, 3.63) is 28.7 Å². The molecule has 0 saturated heterocycles. The Bertz CT molecular complexity index is 476. The first-order valence-corrected chi connectivity index (χ1v) is 7.94. The van der Waals surface area contributed by atoms with E-state index in [1.54, 1.807) is 20.8 Å². The van der Waals surface area contributed by atoms with Crippen molar-refractivity contribution in [2.24, 2.45) is 5.92 Å². The molecule has 0 fully saturated rings. The molecule has 6 heteroatoms. The first kappa shape index (κ1) is 17.0. The van der Waals surface area contributed by atoms with E-state index >= 15 is 0 Å². The zero-order chi connectivity index (χ0) is 15.3. The Kier molecular flexibility index (Phi) is 6.55. The quantitative estimate of drug-likeness (QED) is 0.765. The van der Waals surface area contributed by atoms with Crippen LogP contribution in [0.5, 0.6) is 0 Å². The molecule has 0 spiro atoms. The van der Waals surface area contributed by atoms with E-state index in [-0.39, 0.29) is 17.1 Å². The van der Waals surface area contributed by atoms with Crippen LogP contribution < -0.4 is 5.32 Å². The van der Waals surface area contributed by atoms with Gasteiger partial charge in [-0.25, -0.2) is 4.79 Å².